The van der Waals surface area contributed by atoms with Crippen molar-refractivity contribution in [3.8, 4) is 0 Å². The second-order valence-corrected chi connectivity index (χ2v) is 8.02. The summed E-state index contributed by atoms with van der Waals surface area (Å²) in [5.74, 6) is -3.01. The SMILES string of the molecule is CNS(=O)(=O)c1ccc(F)c(C(=O)Nc2cc(C(=O)NCC(F)(F)F)ccc2C)c1. The second kappa shape index (κ2) is 8.79. The molecule has 0 atom stereocenters. The van der Waals surface area contributed by atoms with E-state index in [-0.39, 0.29) is 16.1 Å². The van der Waals surface area contributed by atoms with Gasteiger partial charge in [-0.2, -0.15) is 13.2 Å². The molecule has 0 unspecified atom stereocenters. The average molecular weight is 447 g/mol. The van der Waals surface area contributed by atoms with Crippen molar-refractivity contribution < 1.29 is 35.6 Å². The van der Waals surface area contributed by atoms with E-state index in [2.05, 4.69) is 5.32 Å². The van der Waals surface area contributed by atoms with Crippen molar-refractivity contribution in [2.45, 2.75) is 18.0 Å². The number of alkyl halides is 3. The Hall–Kier alpha value is -2.99. The van der Waals surface area contributed by atoms with Crippen molar-refractivity contribution in [2.75, 3.05) is 18.9 Å². The first-order valence-electron chi connectivity index (χ1n) is 8.34. The summed E-state index contributed by atoms with van der Waals surface area (Å²) in [6, 6.07) is 6.41. The van der Waals surface area contributed by atoms with Gasteiger partial charge < -0.3 is 10.6 Å². The predicted molar refractivity (Wildman–Crippen MR) is 100 cm³/mol. The van der Waals surface area contributed by atoms with Crippen molar-refractivity contribution >= 4 is 27.5 Å². The Kier molecular flexibility index (Phi) is 6.83. The second-order valence-electron chi connectivity index (χ2n) is 6.13. The number of hydrogen-bond donors (Lipinski definition) is 3. The van der Waals surface area contributed by atoms with E-state index >= 15 is 0 Å². The molecule has 162 valence electrons. The van der Waals surface area contributed by atoms with Gasteiger partial charge in [0.2, 0.25) is 10.0 Å². The molecule has 0 spiro atoms. The minimum atomic E-state index is -4.59. The van der Waals surface area contributed by atoms with Crippen LogP contribution in [0.2, 0.25) is 0 Å². The third kappa shape index (κ3) is 5.76. The van der Waals surface area contributed by atoms with Gasteiger partial charge in [-0.3, -0.25) is 9.59 Å². The highest BCUT2D eigenvalue weighted by Crippen LogP contribution is 2.21. The molecule has 7 nitrogen and oxygen atoms in total. The number of aryl methyl sites for hydroxylation is 1. The highest BCUT2D eigenvalue weighted by molar-refractivity contribution is 7.89. The van der Waals surface area contributed by atoms with Crippen LogP contribution >= 0.6 is 0 Å². The molecule has 0 bridgehead atoms. The summed E-state index contributed by atoms with van der Waals surface area (Å²) >= 11 is 0. The third-order valence-corrected chi connectivity index (χ3v) is 5.37. The molecular weight excluding hydrogens is 430 g/mol. The van der Waals surface area contributed by atoms with E-state index in [1.807, 2.05) is 4.72 Å². The van der Waals surface area contributed by atoms with Crippen LogP contribution in [0.15, 0.2) is 41.3 Å². The molecule has 0 radical (unpaired) electrons. The molecule has 0 aliphatic heterocycles. The van der Waals surface area contributed by atoms with Gasteiger partial charge >= 0.3 is 6.18 Å². The Balaban J connectivity index is 2.29. The number of halogens is 4. The molecule has 3 N–H and O–H groups in total. The van der Waals surface area contributed by atoms with Crippen molar-refractivity contribution in [1.29, 1.82) is 0 Å². The fourth-order valence-electron chi connectivity index (χ4n) is 2.33. The quantitative estimate of drug-likeness (QED) is 0.592. The molecule has 2 amide bonds. The number of anilines is 1. The maximum absolute atomic E-state index is 14.1. The Morgan fingerprint density at radius 2 is 1.70 bits per heavy atom. The van der Waals surface area contributed by atoms with Crippen LogP contribution in [0.1, 0.15) is 26.3 Å². The summed E-state index contributed by atoms with van der Waals surface area (Å²) in [5.41, 5.74) is -0.249. The minimum Gasteiger partial charge on any atom is -0.343 e. The smallest absolute Gasteiger partial charge is 0.343 e. The van der Waals surface area contributed by atoms with Crippen LogP contribution in [0.3, 0.4) is 0 Å². The highest BCUT2D eigenvalue weighted by atomic mass is 32.2. The Bertz CT molecular complexity index is 1090. The summed E-state index contributed by atoms with van der Waals surface area (Å²) in [6.45, 7) is 0.0185. The predicted octanol–water partition coefficient (Wildman–Crippen LogP) is 2.59. The number of carbonyl (C=O) groups excluding carboxylic acids is 2. The number of nitrogens with one attached hydrogen (secondary N) is 3. The number of hydrogen-bond acceptors (Lipinski definition) is 4. The van der Waals surface area contributed by atoms with Crippen LogP contribution in [0.25, 0.3) is 0 Å². The van der Waals surface area contributed by atoms with Crippen LogP contribution in [0.5, 0.6) is 0 Å². The summed E-state index contributed by atoms with van der Waals surface area (Å²) in [7, 11) is -2.78. The molecule has 0 aliphatic rings. The third-order valence-electron chi connectivity index (χ3n) is 3.96. The molecule has 2 aromatic rings. The average Bonchev–Trinajstić information content (AvgIpc) is 2.67. The zero-order valence-corrected chi connectivity index (χ0v) is 16.5. The standard InChI is InChI=1S/C18H17F4N3O4S/c1-10-3-4-11(16(26)24-9-18(20,21)22)7-15(10)25-17(27)13-8-12(5-6-14(13)19)30(28,29)23-2/h3-8,23H,9H2,1-2H3,(H,24,26)(H,25,27). The zero-order chi connectivity index (χ0) is 22.7. The van der Waals surface area contributed by atoms with Crippen molar-refractivity contribution in [1.82, 2.24) is 10.0 Å². The number of rotatable bonds is 6. The monoisotopic (exact) mass is 447 g/mol. The number of carbonyl (C=O) groups is 2. The lowest BCUT2D eigenvalue weighted by atomic mass is 10.1. The van der Waals surface area contributed by atoms with Crippen molar-refractivity contribution in [3.05, 3.63) is 58.9 Å². The lowest BCUT2D eigenvalue weighted by molar-refractivity contribution is -0.123. The van der Waals surface area contributed by atoms with Gasteiger partial charge in [0.15, 0.2) is 0 Å². The molecule has 0 saturated carbocycles. The molecule has 12 heteroatoms. The summed E-state index contributed by atoms with van der Waals surface area (Å²) in [4.78, 5) is 24.0. The zero-order valence-electron chi connectivity index (χ0n) is 15.7. The van der Waals surface area contributed by atoms with E-state index < -0.39 is 45.9 Å². The van der Waals surface area contributed by atoms with Gasteiger partial charge in [-0.1, -0.05) is 6.07 Å². The van der Waals surface area contributed by atoms with Gasteiger partial charge in [-0.15, -0.1) is 0 Å². The van der Waals surface area contributed by atoms with E-state index in [0.29, 0.717) is 5.56 Å². The Morgan fingerprint density at radius 1 is 1.03 bits per heavy atom. The fourth-order valence-corrected chi connectivity index (χ4v) is 3.09. The number of sulfonamides is 1. The highest BCUT2D eigenvalue weighted by Gasteiger charge is 2.28. The van der Waals surface area contributed by atoms with Crippen LogP contribution < -0.4 is 15.4 Å². The fraction of sp³-hybridized carbons (Fsp3) is 0.222. The topological polar surface area (TPSA) is 104 Å². The summed E-state index contributed by atoms with van der Waals surface area (Å²) in [6.07, 6.45) is -4.59. The number of amides is 2. The molecule has 0 aromatic heterocycles. The molecule has 0 aliphatic carbocycles. The van der Waals surface area contributed by atoms with E-state index in [9.17, 15) is 35.6 Å². The van der Waals surface area contributed by atoms with Crippen molar-refractivity contribution in [3.63, 3.8) is 0 Å². The molecule has 2 aromatic carbocycles. The van der Waals surface area contributed by atoms with Gasteiger partial charge in [-0.05, 0) is 49.9 Å². The first kappa shape index (κ1) is 23.3. The maximum atomic E-state index is 14.1. The van der Waals surface area contributed by atoms with E-state index in [4.69, 9.17) is 0 Å². The van der Waals surface area contributed by atoms with Gasteiger partial charge in [0.05, 0.1) is 10.5 Å². The molecule has 2 rings (SSSR count). The Morgan fingerprint density at radius 3 is 2.30 bits per heavy atom. The van der Waals surface area contributed by atoms with Crippen LogP contribution in [0.4, 0.5) is 23.2 Å². The minimum absolute atomic E-state index is 0.0425. The summed E-state index contributed by atoms with van der Waals surface area (Å²) < 4.78 is 76.6. The van der Waals surface area contributed by atoms with Gasteiger partial charge in [0.1, 0.15) is 12.4 Å². The first-order valence-corrected chi connectivity index (χ1v) is 9.82. The van der Waals surface area contributed by atoms with Gasteiger partial charge in [0.25, 0.3) is 11.8 Å². The van der Waals surface area contributed by atoms with Crippen LogP contribution in [-0.2, 0) is 10.0 Å². The summed E-state index contributed by atoms with van der Waals surface area (Å²) in [5, 5.41) is 4.04. The molecule has 30 heavy (non-hydrogen) atoms. The van der Waals surface area contributed by atoms with E-state index in [1.165, 1.54) is 12.1 Å². The van der Waals surface area contributed by atoms with Crippen LogP contribution in [-0.4, -0.2) is 40.0 Å². The largest absolute Gasteiger partial charge is 0.405 e. The normalized spacial score (nSPS) is 11.8. The lowest BCUT2D eigenvalue weighted by Gasteiger charge is -2.13. The maximum Gasteiger partial charge on any atom is 0.405 e. The molecular formula is C18H17F4N3O4S. The van der Waals surface area contributed by atoms with E-state index in [1.54, 1.807) is 12.2 Å². The molecule has 0 heterocycles. The molecule has 0 fully saturated rings. The molecule has 0 saturated heterocycles. The van der Waals surface area contributed by atoms with Crippen LogP contribution in [0, 0.1) is 12.7 Å². The Labute approximate surface area is 169 Å². The van der Waals surface area contributed by atoms with Gasteiger partial charge in [0, 0.05) is 11.3 Å². The van der Waals surface area contributed by atoms with Gasteiger partial charge in [-0.25, -0.2) is 17.5 Å². The lowest BCUT2D eigenvalue weighted by Crippen LogP contribution is -2.33. The van der Waals surface area contributed by atoms with E-state index in [0.717, 1.165) is 31.3 Å². The first-order chi connectivity index (χ1) is 13.8. The van der Waals surface area contributed by atoms with Crippen molar-refractivity contribution in [2.24, 2.45) is 0 Å². The number of benzene rings is 2.